The second-order valence-electron chi connectivity index (χ2n) is 6.92. The fourth-order valence-electron chi connectivity index (χ4n) is 3.57. The van der Waals surface area contributed by atoms with Gasteiger partial charge in [-0.15, -0.1) is 0 Å². The third kappa shape index (κ3) is 4.11. The highest BCUT2D eigenvalue weighted by atomic mass is 19.1. The number of benzene rings is 1. The van der Waals surface area contributed by atoms with Gasteiger partial charge in [0.15, 0.2) is 0 Å². The summed E-state index contributed by atoms with van der Waals surface area (Å²) in [6, 6.07) is 3.56. The summed E-state index contributed by atoms with van der Waals surface area (Å²) in [6.07, 6.45) is 1.04. The number of rotatable bonds is 5. The summed E-state index contributed by atoms with van der Waals surface area (Å²) in [5.74, 6) is -1.53. The average Bonchev–Trinajstić information content (AvgIpc) is 3.26. The van der Waals surface area contributed by atoms with E-state index in [4.69, 9.17) is 4.74 Å². The topological polar surface area (TPSA) is 41.6 Å². The lowest BCUT2D eigenvalue weighted by Gasteiger charge is -2.35. The molecular weight excluding hydrogens is 314 g/mol. The molecule has 1 aromatic rings. The normalized spacial score (nSPS) is 30.2. The van der Waals surface area contributed by atoms with E-state index in [1.807, 2.05) is 13.8 Å². The van der Waals surface area contributed by atoms with Crippen LogP contribution in [0.25, 0.3) is 0 Å². The molecule has 4 atom stereocenters. The molecule has 1 heterocycles. The summed E-state index contributed by atoms with van der Waals surface area (Å²) in [6.45, 7) is 7.19. The molecule has 4 nitrogen and oxygen atoms in total. The Kier molecular flexibility index (Phi) is 5.15. The highest BCUT2D eigenvalue weighted by molar-refractivity contribution is 5.82. The molecule has 1 aliphatic carbocycles. The molecule has 0 unspecified atom stereocenters. The standard InChI is InChI=1S/C18H24F2N2O2/c1-11-9-22(10-12(2)24-11)6-5-21-18(23)16-8-15(16)14-4-3-13(19)7-17(14)20/h3-4,7,11-12,15-16H,5-6,8-10H2,1-2H3,(H,21,23)/t11-,12-,15+,16-/m1/s1. The van der Waals surface area contributed by atoms with Crippen LogP contribution >= 0.6 is 0 Å². The van der Waals surface area contributed by atoms with Gasteiger partial charge in [0.2, 0.25) is 5.91 Å². The van der Waals surface area contributed by atoms with Gasteiger partial charge in [-0.3, -0.25) is 9.69 Å². The van der Waals surface area contributed by atoms with Crippen LogP contribution in [0.5, 0.6) is 0 Å². The third-order valence-electron chi connectivity index (χ3n) is 4.71. The van der Waals surface area contributed by atoms with E-state index in [0.29, 0.717) is 18.5 Å². The van der Waals surface area contributed by atoms with Crippen LogP contribution < -0.4 is 5.32 Å². The Labute approximate surface area is 141 Å². The molecule has 2 aliphatic rings. The van der Waals surface area contributed by atoms with Crippen molar-refractivity contribution in [1.29, 1.82) is 0 Å². The number of morpholine rings is 1. The minimum absolute atomic E-state index is 0.0434. The lowest BCUT2D eigenvalue weighted by Crippen LogP contribution is -2.48. The number of carbonyl (C=O) groups is 1. The molecule has 1 saturated carbocycles. The highest BCUT2D eigenvalue weighted by Crippen LogP contribution is 2.48. The van der Waals surface area contributed by atoms with Crippen molar-refractivity contribution in [1.82, 2.24) is 10.2 Å². The van der Waals surface area contributed by atoms with Crippen LogP contribution in [0.3, 0.4) is 0 Å². The predicted octanol–water partition coefficient (Wildman–Crippen LogP) is 2.29. The van der Waals surface area contributed by atoms with E-state index in [1.54, 1.807) is 0 Å². The van der Waals surface area contributed by atoms with E-state index in [-0.39, 0.29) is 30.0 Å². The maximum Gasteiger partial charge on any atom is 0.223 e. The number of hydrogen-bond donors (Lipinski definition) is 1. The lowest BCUT2D eigenvalue weighted by molar-refractivity contribution is -0.122. The molecule has 0 bridgehead atoms. The first-order valence-corrected chi connectivity index (χ1v) is 8.54. The molecule has 0 spiro atoms. The van der Waals surface area contributed by atoms with E-state index in [2.05, 4.69) is 10.2 Å². The van der Waals surface area contributed by atoms with Crippen molar-refractivity contribution in [3.8, 4) is 0 Å². The van der Waals surface area contributed by atoms with Gasteiger partial charge < -0.3 is 10.1 Å². The maximum atomic E-state index is 13.8. The van der Waals surface area contributed by atoms with Crippen LogP contribution in [0.4, 0.5) is 8.78 Å². The zero-order valence-electron chi connectivity index (χ0n) is 14.1. The van der Waals surface area contributed by atoms with E-state index in [9.17, 15) is 13.6 Å². The third-order valence-corrected chi connectivity index (χ3v) is 4.71. The minimum Gasteiger partial charge on any atom is -0.373 e. The first kappa shape index (κ1) is 17.3. The average molecular weight is 338 g/mol. The van der Waals surface area contributed by atoms with Gasteiger partial charge >= 0.3 is 0 Å². The molecule has 1 aliphatic heterocycles. The van der Waals surface area contributed by atoms with Gasteiger partial charge in [-0.25, -0.2) is 8.78 Å². The first-order valence-electron chi connectivity index (χ1n) is 8.54. The lowest BCUT2D eigenvalue weighted by atomic mass is 10.1. The van der Waals surface area contributed by atoms with Gasteiger partial charge in [-0.05, 0) is 37.8 Å². The summed E-state index contributed by atoms with van der Waals surface area (Å²) in [5.41, 5.74) is 0.437. The maximum absolute atomic E-state index is 13.8. The molecular formula is C18H24F2N2O2. The molecule has 1 amide bonds. The number of amides is 1. The van der Waals surface area contributed by atoms with Crippen LogP contribution in [0, 0.1) is 17.6 Å². The van der Waals surface area contributed by atoms with Gasteiger partial charge in [-0.1, -0.05) is 6.07 Å². The number of hydrogen-bond acceptors (Lipinski definition) is 3. The Morgan fingerprint density at radius 1 is 1.29 bits per heavy atom. The van der Waals surface area contributed by atoms with E-state index in [1.165, 1.54) is 12.1 Å². The van der Waals surface area contributed by atoms with Crippen molar-refractivity contribution in [2.24, 2.45) is 5.92 Å². The van der Waals surface area contributed by atoms with E-state index in [0.717, 1.165) is 25.7 Å². The van der Waals surface area contributed by atoms with Crippen LogP contribution in [-0.4, -0.2) is 49.2 Å². The largest absolute Gasteiger partial charge is 0.373 e. The molecule has 1 saturated heterocycles. The Bertz CT molecular complexity index is 601. The molecule has 6 heteroatoms. The molecule has 2 fully saturated rings. The number of nitrogens with zero attached hydrogens (tertiary/aromatic N) is 1. The van der Waals surface area contributed by atoms with Crippen molar-refractivity contribution >= 4 is 5.91 Å². The van der Waals surface area contributed by atoms with Crippen LogP contribution in [0.1, 0.15) is 31.7 Å². The highest BCUT2D eigenvalue weighted by Gasteiger charge is 2.45. The summed E-state index contributed by atoms with van der Waals surface area (Å²) in [7, 11) is 0. The fourth-order valence-corrected chi connectivity index (χ4v) is 3.57. The van der Waals surface area contributed by atoms with E-state index < -0.39 is 11.6 Å². The Hall–Kier alpha value is -1.53. The van der Waals surface area contributed by atoms with Gasteiger partial charge in [0.25, 0.3) is 0 Å². The Balaban J connectivity index is 1.44. The van der Waals surface area contributed by atoms with Gasteiger partial charge in [0, 0.05) is 38.2 Å². The van der Waals surface area contributed by atoms with E-state index >= 15 is 0 Å². The van der Waals surface area contributed by atoms with Crippen LogP contribution in [0.15, 0.2) is 18.2 Å². The second kappa shape index (κ2) is 7.15. The number of ether oxygens (including phenoxy) is 1. The monoisotopic (exact) mass is 338 g/mol. The van der Waals surface area contributed by atoms with Crippen molar-refractivity contribution < 1.29 is 18.3 Å². The first-order chi connectivity index (χ1) is 11.4. The van der Waals surface area contributed by atoms with Crippen molar-refractivity contribution in [2.45, 2.75) is 38.4 Å². The SMILES string of the molecule is C[C@@H]1CN(CCNC(=O)[C@@H]2C[C@H]2c2ccc(F)cc2F)C[C@@H](C)O1. The predicted molar refractivity (Wildman–Crippen MR) is 86.7 cm³/mol. The van der Waals surface area contributed by atoms with Crippen molar-refractivity contribution in [3.05, 3.63) is 35.4 Å². The molecule has 0 aromatic heterocycles. The van der Waals surface area contributed by atoms with Gasteiger partial charge in [0.1, 0.15) is 11.6 Å². The quantitative estimate of drug-likeness (QED) is 0.896. The minimum atomic E-state index is -0.591. The molecule has 1 aromatic carbocycles. The number of carbonyl (C=O) groups excluding carboxylic acids is 1. The number of nitrogens with one attached hydrogen (secondary N) is 1. The molecule has 24 heavy (non-hydrogen) atoms. The fraction of sp³-hybridized carbons (Fsp3) is 0.611. The molecule has 1 N–H and O–H groups in total. The summed E-state index contributed by atoms with van der Waals surface area (Å²) >= 11 is 0. The molecule has 0 radical (unpaired) electrons. The van der Waals surface area contributed by atoms with Crippen molar-refractivity contribution in [2.75, 3.05) is 26.2 Å². The number of halogens is 2. The zero-order valence-corrected chi connectivity index (χ0v) is 14.1. The summed E-state index contributed by atoms with van der Waals surface area (Å²) < 4.78 is 32.4. The molecule has 132 valence electrons. The van der Waals surface area contributed by atoms with Gasteiger partial charge in [0.05, 0.1) is 12.2 Å². The summed E-state index contributed by atoms with van der Waals surface area (Å²) in [4.78, 5) is 14.5. The smallest absolute Gasteiger partial charge is 0.223 e. The van der Waals surface area contributed by atoms with Crippen molar-refractivity contribution in [3.63, 3.8) is 0 Å². The Morgan fingerprint density at radius 3 is 2.67 bits per heavy atom. The second-order valence-corrected chi connectivity index (χ2v) is 6.92. The van der Waals surface area contributed by atoms with Crippen LogP contribution in [0.2, 0.25) is 0 Å². The zero-order chi connectivity index (χ0) is 17.3. The van der Waals surface area contributed by atoms with Crippen LogP contribution in [-0.2, 0) is 9.53 Å². The Morgan fingerprint density at radius 2 is 2.00 bits per heavy atom. The molecule has 3 rings (SSSR count). The summed E-state index contributed by atoms with van der Waals surface area (Å²) in [5, 5.41) is 2.93. The van der Waals surface area contributed by atoms with Gasteiger partial charge in [-0.2, -0.15) is 0 Å².